The van der Waals surface area contributed by atoms with E-state index in [1.54, 1.807) is 18.2 Å². The van der Waals surface area contributed by atoms with Crippen LogP contribution < -0.4 is 30.1 Å². The summed E-state index contributed by atoms with van der Waals surface area (Å²) in [6.07, 6.45) is 7.58. The molecule has 522 valence electrons. The first-order valence-corrected chi connectivity index (χ1v) is 37.5. The van der Waals surface area contributed by atoms with Crippen LogP contribution in [0, 0.1) is 18.5 Å². The van der Waals surface area contributed by atoms with Crippen LogP contribution >= 0.6 is 0 Å². The van der Waals surface area contributed by atoms with Crippen molar-refractivity contribution < 1.29 is 55.0 Å². The largest absolute Gasteiger partial charge is 0.510 e. The van der Waals surface area contributed by atoms with Gasteiger partial charge in [0, 0.05) is 44.3 Å². The molecule has 12 aromatic carbocycles. The van der Waals surface area contributed by atoms with E-state index in [0.29, 0.717) is 44.9 Å². The summed E-state index contributed by atoms with van der Waals surface area (Å²) in [5.41, 5.74) is 13.7. The molecule has 0 N–H and O–H groups in total. The average Bonchev–Trinajstić information content (AvgIpc) is 1.15. The molecule has 5 nitrogen and oxygen atoms in total. The fourth-order valence-electron chi connectivity index (χ4n) is 15.5. The van der Waals surface area contributed by atoms with E-state index < -0.39 is 143 Å². The monoisotopic (exact) mass is 1580 g/mol. The minimum Gasteiger partial charge on any atom is -0.510 e. The van der Waals surface area contributed by atoms with Gasteiger partial charge in [-0.25, -0.2) is 4.98 Å². The Labute approximate surface area is 660 Å². The molecule has 0 atom stereocenters. The van der Waals surface area contributed by atoms with Crippen LogP contribution in [0.2, 0.25) is 0 Å². The Balaban J connectivity index is 0.0000112. The molecule has 0 bridgehead atoms. The zero-order valence-corrected chi connectivity index (χ0v) is 64.3. The second-order valence-corrected chi connectivity index (χ2v) is 35.6. The molecule has 0 radical (unpaired) electrons. The van der Waals surface area contributed by atoms with Crippen LogP contribution in [0.25, 0.3) is 106 Å². The van der Waals surface area contributed by atoms with Gasteiger partial charge < -0.3 is 13.9 Å². The van der Waals surface area contributed by atoms with Crippen molar-refractivity contribution in [3.63, 3.8) is 0 Å². The first kappa shape index (κ1) is 51.0. The maximum Gasteiger partial charge on any atom is 0.268 e. The maximum absolute atomic E-state index is 11.3. The average molecular weight is 1580 g/mol. The zero-order valence-electron chi connectivity index (χ0n) is 79.0. The molecule has 4 heterocycles. The Morgan fingerprint density at radius 2 is 1.04 bits per heavy atom. The first-order valence-electron chi connectivity index (χ1n) is 44.5. The molecule has 15 aromatic rings. The van der Waals surface area contributed by atoms with Crippen LogP contribution in [-0.2, 0) is 48.1 Å². The van der Waals surface area contributed by atoms with Crippen molar-refractivity contribution in [1.82, 2.24) is 14.1 Å². The number of imidazole rings is 1. The van der Waals surface area contributed by atoms with Gasteiger partial charge in [-0.1, -0.05) is 301 Å². The van der Waals surface area contributed by atoms with Crippen molar-refractivity contribution in [3.8, 4) is 84.3 Å². The van der Waals surface area contributed by atoms with Gasteiger partial charge >= 0.3 is 0 Å². The van der Waals surface area contributed by atoms with Gasteiger partial charge in [0.05, 0.1) is 41.4 Å². The van der Waals surface area contributed by atoms with Crippen LogP contribution in [0.1, 0.15) is 155 Å². The number of para-hydroxylation sites is 2. The van der Waals surface area contributed by atoms with E-state index in [9.17, 15) is 20.6 Å². The van der Waals surface area contributed by atoms with Crippen molar-refractivity contribution in [2.24, 2.45) is 0 Å². The number of nitrogens with zero attached hydrogens (tertiary/aromatic N) is 4. The van der Waals surface area contributed by atoms with Crippen molar-refractivity contribution in [1.29, 1.82) is 0 Å². The number of rotatable bonds is 10. The normalized spacial score (nSPS) is 16.4. The van der Waals surface area contributed by atoms with E-state index in [4.69, 9.17) is 13.8 Å². The van der Waals surface area contributed by atoms with E-state index in [1.165, 1.54) is 11.1 Å². The number of ether oxygens (including phenoxy) is 1. The van der Waals surface area contributed by atoms with Crippen LogP contribution in [0.15, 0.2) is 273 Å². The quantitative estimate of drug-likeness (QED) is 0.0592. The van der Waals surface area contributed by atoms with Gasteiger partial charge in [0.25, 0.3) is 6.33 Å². The second-order valence-electron chi connectivity index (χ2n) is 32.1. The molecule has 7 heteroatoms. The van der Waals surface area contributed by atoms with Gasteiger partial charge in [0.15, 0.2) is 8.07 Å². The molecule has 2 aliphatic rings. The molecular formula is C98H88N4OPtSi-2. The molecule has 1 aliphatic heterocycles. The third-order valence-electron chi connectivity index (χ3n) is 21.4. The summed E-state index contributed by atoms with van der Waals surface area (Å²) in [7, 11) is -6.18. The molecular weight excluding hydrogens is 1470 g/mol. The maximum atomic E-state index is 11.3. The van der Waals surface area contributed by atoms with Crippen LogP contribution in [-0.4, -0.2) is 22.2 Å². The first-order chi connectivity index (χ1) is 57.4. The Bertz CT molecular complexity index is 6910. The van der Waals surface area contributed by atoms with E-state index >= 15 is 0 Å². The number of pyridine rings is 1. The standard InChI is InChI=1S/C98H88N4OSi.Pt/c1-94(2,3)67-48-51-99-91(58-67)102-88-45-26-25-42-80(88)81-47-46-72(60-89(81)102)103-71-32-28-31-70(59-71)100-63-101-92-77(66-52-68(95(4,5)6)57-69(53-66)96(7,8)9)43-29-44-82(92)84-62-87-86(97(10,11)49-50-98(87,12)13)61-83(84)78-40-23-24-41-79(78)85-55-65(56-90(100)93(85)101)64-30-27-39-76(54-64)104(73-33-17-14-18-34-73,74-35-19-15-20-36-74)75-37-21-16-22-38-75;/h14-48,51-58,61-62H,49-50H2,1-13H3;/q-2;/i14D,15D,16D,17D,18D,19D,20D,21D,27D,30D,33D,34D,35D,36D,37D,38D,39D,54D;. The molecule has 0 spiro atoms. The number of fused-ring (bicyclic) bond motifs is 11. The fourth-order valence-corrected chi connectivity index (χ4v) is 19.1. The smallest absolute Gasteiger partial charge is 0.268 e. The van der Waals surface area contributed by atoms with Gasteiger partial charge in [-0.05, 0) is 186 Å². The van der Waals surface area contributed by atoms with E-state index in [1.807, 2.05) is 71.4 Å². The van der Waals surface area contributed by atoms with E-state index in [0.717, 1.165) is 91.0 Å². The molecule has 0 saturated carbocycles. The summed E-state index contributed by atoms with van der Waals surface area (Å²) in [6, 6.07) is 42.0. The van der Waals surface area contributed by atoms with Crippen molar-refractivity contribution >= 4 is 61.7 Å². The van der Waals surface area contributed by atoms with E-state index in [2.05, 4.69) is 190 Å². The predicted octanol–water partition coefficient (Wildman–Crippen LogP) is 21.9. The summed E-state index contributed by atoms with van der Waals surface area (Å²) in [4.78, 5) is 4.93. The van der Waals surface area contributed by atoms with Gasteiger partial charge in [0.1, 0.15) is 5.82 Å². The third kappa shape index (κ3) is 11.9. The van der Waals surface area contributed by atoms with Crippen molar-refractivity contribution in [2.45, 2.75) is 130 Å². The van der Waals surface area contributed by atoms with Crippen LogP contribution in [0.5, 0.6) is 11.5 Å². The number of benzene rings is 12. The Morgan fingerprint density at radius 3 is 1.71 bits per heavy atom. The molecule has 0 fully saturated rings. The van der Waals surface area contributed by atoms with Gasteiger partial charge in [-0.3, -0.25) is 4.57 Å². The van der Waals surface area contributed by atoms with Gasteiger partial charge in [0.2, 0.25) is 0 Å². The molecule has 0 amide bonds. The molecule has 17 rings (SSSR count). The van der Waals surface area contributed by atoms with Gasteiger partial charge in [-0.15, -0.1) is 29.7 Å². The second kappa shape index (κ2) is 25.8. The summed E-state index contributed by atoms with van der Waals surface area (Å²) in [5, 5.41) is -1.43. The summed E-state index contributed by atoms with van der Waals surface area (Å²) in [6.45, 7) is 28.9. The Kier molecular flexibility index (Phi) is 12.6. The molecule has 3 aromatic heterocycles. The number of hydrogen-bond acceptors (Lipinski definition) is 2. The minimum atomic E-state index is -6.18. The van der Waals surface area contributed by atoms with Gasteiger partial charge in [-0.2, -0.15) is 18.2 Å². The SMILES string of the molecule is [2H]c1cc([2H])c([Si](c2c([2H])c([2H])c([2H])c([2H])c2[2H])(c2c([2H])c([2H])c([2H])c([2H])c2[2H])c2c([2H])c([2H])c([2H])c(-c3cc4c5c(c3)n(-c3[c-]c(Oc6[c-]c7c(cc6)c6ccccc6n7-c6cc(C(C)(C)C)ccn6)ccc3)[c-][n+]5-c3c(-c5cc(C(C)(C)C)cc(C(C)(C)C)c5)cccc3-c3cc5c(cc3-c3ccccc3-4)C(C)(C)CCC5(C)C)c2[2H])c([2H])c1[2H].[Pt]. The van der Waals surface area contributed by atoms with Crippen LogP contribution in [0.4, 0.5) is 0 Å². The summed E-state index contributed by atoms with van der Waals surface area (Å²) < 4.78 is 189. The van der Waals surface area contributed by atoms with Crippen molar-refractivity contribution in [3.05, 3.63) is 319 Å². The number of hydrogen-bond donors (Lipinski definition) is 0. The predicted molar refractivity (Wildman–Crippen MR) is 436 cm³/mol. The number of aromatic nitrogens is 4. The fraction of sp³-hybridized carbons (Fsp3) is 0.204. The molecule has 1 aliphatic carbocycles. The zero-order chi connectivity index (χ0) is 87.5. The minimum absolute atomic E-state index is 0. The molecule has 0 unspecified atom stereocenters. The Morgan fingerprint density at radius 1 is 0.457 bits per heavy atom. The summed E-state index contributed by atoms with van der Waals surface area (Å²) >= 11 is 0. The Hall–Kier alpha value is -10.2. The molecule has 105 heavy (non-hydrogen) atoms. The summed E-state index contributed by atoms with van der Waals surface area (Å²) in [5.74, 6) is 1.30. The van der Waals surface area contributed by atoms with Crippen LogP contribution in [0.3, 0.4) is 0 Å². The molecule has 0 saturated heterocycles. The van der Waals surface area contributed by atoms with E-state index in [-0.39, 0.29) is 59.5 Å². The third-order valence-corrected chi connectivity index (χ3v) is 25.4. The van der Waals surface area contributed by atoms with Crippen molar-refractivity contribution in [2.75, 3.05) is 0 Å². The topological polar surface area (TPSA) is 35.9 Å².